The van der Waals surface area contributed by atoms with Crippen molar-refractivity contribution in [3.8, 4) is 0 Å². The van der Waals surface area contributed by atoms with Gasteiger partial charge in [-0.15, -0.1) is 11.3 Å². The smallest absolute Gasteiger partial charge is 0.407 e. The van der Waals surface area contributed by atoms with E-state index in [1.54, 1.807) is 6.20 Å². The van der Waals surface area contributed by atoms with Gasteiger partial charge in [-0.2, -0.15) is 0 Å². The Hall–Kier alpha value is -1.30. The van der Waals surface area contributed by atoms with Crippen LogP contribution in [0.4, 0.5) is 9.93 Å². The molecule has 0 radical (unpaired) electrons. The first-order valence-corrected chi connectivity index (χ1v) is 5.83. The zero-order valence-electron chi connectivity index (χ0n) is 9.73. The van der Waals surface area contributed by atoms with Crippen molar-refractivity contribution >= 4 is 22.6 Å². The second-order valence-corrected chi connectivity index (χ2v) is 5.67. The van der Waals surface area contributed by atoms with Crippen molar-refractivity contribution in [1.29, 1.82) is 0 Å². The summed E-state index contributed by atoms with van der Waals surface area (Å²) in [5, 5.41) is 9.60. The van der Waals surface area contributed by atoms with E-state index in [0.29, 0.717) is 18.1 Å². The number of rotatable bonds is 3. The molecule has 1 rings (SSSR count). The van der Waals surface area contributed by atoms with Gasteiger partial charge in [0.15, 0.2) is 5.13 Å². The highest BCUT2D eigenvalue weighted by Crippen LogP contribution is 2.18. The van der Waals surface area contributed by atoms with Crippen LogP contribution in [0.25, 0.3) is 0 Å². The Bertz CT molecular complexity index is 370. The number of nitrogens with two attached hydrogens (primary N) is 1. The van der Waals surface area contributed by atoms with E-state index in [9.17, 15) is 4.79 Å². The van der Waals surface area contributed by atoms with Crippen LogP contribution in [0.15, 0.2) is 6.20 Å². The minimum absolute atomic E-state index is 0.387. The van der Waals surface area contributed by atoms with Gasteiger partial charge in [-0.25, -0.2) is 9.78 Å². The van der Waals surface area contributed by atoms with E-state index in [1.165, 1.54) is 16.2 Å². The Morgan fingerprint density at radius 2 is 2.25 bits per heavy atom. The summed E-state index contributed by atoms with van der Waals surface area (Å²) in [6.45, 7) is 6.09. The zero-order chi connectivity index (χ0) is 12.3. The molecule has 5 nitrogen and oxygen atoms in total. The molecule has 0 bridgehead atoms. The number of carboxylic acid groups (broad SMARTS) is 1. The van der Waals surface area contributed by atoms with Crippen LogP contribution in [-0.4, -0.2) is 33.2 Å². The summed E-state index contributed by atoms with van der Waals surface area (Å²) in [6.07, 6.45) is 1.45. The second kappa shape index (κ2) is 4.69. The van der Waals surface area contributed by atoms with Gasteiger partial charge in [0.1, 0.15) is 0 Å². The number of anilines is 1. The van der Waals surface area contributed by atoms with Crippen molar-refractivity contribution in [1.82, 2.24) is 9.88 Å². The highest BCUT2D eigenvalue weighted by Gasteiger charge is 2.25. The van der Waals surface area contributed by atoms with Crippen molar-refractivity contribution in [2.24, 2.45) is 0 Å². The predicted octanol–water partition coefficient (Wildman–Crippen LogP) is 2.05. The molecule has 1 amide bonds. The van der Waals surface area contributed by atoms with Crippen LogP contribution in [0.5, 0.6) is 0 Å². The molecule has 3 N–H and O–H groups in total. The van der Waals surface area contributed by atoms with Gasteiger partial charge >= 0.3 is 6.09 Å². The molecule has 16 heavy (non-hydrogen) atoms. The number of aromatic nitrogens is 1. The third-order valence-corrected chi connectivity index (χ3v) is 3.08. The molecule has 0 aliphatic carbocycles. The highest BCUT2D eigenvalue weighted by atomic mass is 32.1. The van der Waals surface area contributed by atoms with E-state index in [0.717, 1.165) is 4.88 Å². The quantitative estimate of drug-likeness (QED) is 0.851. The molecule has 6 heteroatoms. The standard InChI is InChI=1S/C10H17N3O2S/c1-10(2,3)13(9(14)15)5-4-7-6-12-8(11)16-7/h6H,4-5H2,1-3H3,(H2,11,12)(H,14,15). The average molecular weight is 243 g/mol. The number of amides is 1. The molecule has 0 fully saturated rings. The Morgan fingerprint density at radius 1 is 1.62 bits per heavy atom. The largest absolute Gasteiger partial charge is 0.465 e. The van der Waals surface area contributed by atoms with Crippen molar-refractivity contribution in [3.63, 3.8) is 0 Å². The number of thiazole rings is 1. The van der Waals surface area contributed by atoms with Gasteiger partial charge in [0.25, 0.3) is 0 Å². The maximum absolute atomic E-state index is 11.1. The number of carbonyl (C=O) groups is 1. The van der Waals surface area contributed by atoms with E-state index in [2.05, 4.69) is 4.98 Å². The molecule has 0 spiro atoms. The second-order valence-electron chi connectivity index (χ2n) is 4.52. The third kappa shape index (κ3) is 3.37. The van der Waals surface area contributed by atoms with E-state index in [-0.39, 0.29) is 5.54 Å². The van der Waals surface area contributed by atoms with Crippen LogP contribution in [0.3, 0.4) is 0 Å². The van der Waals surface area contributed by atoms with Crippen LogP contribution < -0.4 is 5.73 Å². The molecular formula is C10H17N3O2S. The number of nitrogen functional groups attached to an aromatic ring is 1. The van der Waals surface area contributed by atoms with Crippen molar-refractivity contribution in [2.45, 2.75) is 32.7 Å². The topological polar surface area (TPSA) is 79.5 Å². The van der Waals surface area contributed by atoms with E-state index in [4.69, 9.17) is 10.8 Å². The maximum Gasteiger partial charge on any atom is 0.407 e. The summed E-state index contributed by atoms with van der Waals surface area (Å²) in [6, 6.07) is 0. The van der Waals surface area contributed by atoms with E-state index in [1.807, 2.05) is 20.8 Å². The molecule has 1 aromatic heterocycles. The minimum atomic E-state index is -0.898. The summed E-state index contributed by atoms with van der Waals surface area (Å²) >= 11 is 1.40. The van der Waals surface area contributed by atoms with Gasteiger partial charge in [-0.3, -0.25) is 0 Å². The Balaban J connectivity index is 2.61. The molecule has 90 valence electrons. The fourth-order valence-electron chi connectivity index (χ4n) is 1.38. The van der Waals surface area contributed by atoms with Gasteiger partial charge in [0, 0.05) is 29.6 Å². The maximum atomic E-state index is 11.1. The highest BCUT2D eigenvalue weighted by molar-refractivity contribution is 7.15. The Labute approximate surface area is 98.9 Å². The van der Waals surface area contributed by atoms with Gasteiger partial charge in [0.05, 0.1) is 0 Å². The fourth-order valence-corrected chi connectivity index (χ4v) is 2.05. The Morgan fingerprint density at radius 3 is 2.62 bits per heavy atom. The van der Waals surface area contributed by atoms with Gasteiger partial charge in [-0.1, -0.05) is 0 Å². The van der Waals surface area contributed by atoms with Crippen LogP contribution in [-0.2, 0) is 6.42 Å². The minimum Gasteiger partial charge on any atom is -0.465 e. The van der Waals surface area contributed by atoms with Crippen LogP contribution in [0.2, 0.25) is 0 Å². The summed E-state index contributed by atoms with van der Waals surface area (Å²) in [5.41, 5.74) is 5.12. The SMILES string of the molecule is CC(C)(C)N(CCc1cnc(N)s1)C(=O)O. The van der Waals surface area contributed by atoms with Gasteiger partial charge in [0.2, 0.25) is 0 Å². The lowest BCUT2D eigenvalue weighted by atomic mass is 10.1. The lowest BCUT2D eigenvalue weighted by Crippen LogP contribution is -2.45. The van der Waals surface area contributed by atoms with Crippen LogP contribution >= 0.6 is 11.3 Å². The van der Waals surface area contributed by atoms with Crippen molar-refractivity contribution in [3.05, 3.63) is 11.1 Å². The number of hydrogen-bond acceptors (Lipinski definition) is 4. The van der Waals surface area contributed by atoms with Crippen LogP contribution in [0.1, 0.15) is 25.6 Å². The molecule has 0 saturated heterocycles. The first-order valence-electron chi connectivity index (χ1n) is 5.01. The third-order valence-electron chi connectivity index (χ3n) is 2.19. The molecule has 1 aromatic rings. The van der Waals surface area contributed by atoms with E-state index >= 15 is 0 Å². The molecule has 0 atom stereocenters. The van der Waals surface area contributed by atoms with Crippen molar-refractivity contribution in [2.75, 3.05) is 12.3 Å². The molecule has 0 aliphatic rings. The summed E-state index contributed by atoms with van der Waals surface area (Å²) < 4.78 is 0. The summed E-state index contributed by atoms with van der Waals surface area (Å²) in [5.74, 6) is 0. The average Bonchev–Trinajstić information content (AvgIpc) is 2.48. The summed E-state index contributed by atoms with van der Waals surface area (Å²) in [4.78, 5) is 17.4. The predicted molar refractivity (Wildman–Crippen MR) is 64.7 cm³/mol. The fraction of sp³-hybridized carbons (Fsp3) is 0.600. The molecule has 0 unspecified atom stereocenters. The lowest BCUT2D eigenvalue weighted by Gasteiger charge is -2.32. The monoisotopic (exact) mass is 243 g/mol. The normalized spacial score (nSPS) is 11.4. The Kier molecular flexibility index (Phi) is 3.74. The van der Waals surface area contributed by atoms with Gasteiger partial charge < -0.3 is 15.7 Å². The molecule has 0 aromatic carbocycles. The van der Waals surface area contributed by atoms with Gasteiger partial charge in [-0.05, 0) is 20.8 Å². The first kappa shape index (κ1) is 12.8. The van der Waals surface area contributed by atoms with Crippen LogP contribution in [0, 0.1) is 0 Å². The van der Waals surface area contributed by atoms with Crippen molar-refractivity contribution < 1.29 is 9.90 Å². The number of hydrogen-bond donors (Lipinski definition) is 2. The molecular weight excluding hydrogens is 226 g/mol. The number of nitrogens with zero attached hydrogens (tertiary/aromatic N) is 2. The first-order chi connectivity index (χ1) is 7.30. The van der Waals surface area contributed by atoms with E-state index < -0.39 is 6.09 Å². The molecule has 0 saturated carbocycles. The zero-order valence-corrected chi connectivity index (χ0v) is 10.5. The lowest BCUT2D eigenvalue weighted by molar-refractivity contribution is 0.101. The summed E-state index contributed by atoms with van der Waals surface area (Å²) in [7, 11) is 0. The molecule has 0 aliphatic heterocycles. The molecule has 1 heterocycles.